The van der Waals surface area contributed by atoms with E-state index in [2.05, 4.69) is 25.2 Å². The summed E-state index contributed by atoms with van der Waals surface area (Å²) in [5, 5.41) is 3.27. The van der Waals surface area contributed by atoms with Gasteiger partial charge in [0.15, 0.2) is 0 Å². The molecule has 0 unspecified atom stereocenters. The fourth-order valence-electron chi connectivity index (χ4n) is 2.76. The number of rotatable bonds is 8. The third kappa shape index (κ3) is 5.74. The van der Waals surface area contributed by atoms with Gasteiger partial charge in [-0.1, -0.05) is 12.1 Å². The second-order valence-corrected chi connectivity index (χ2v) is 6.52. The Bertz CT molecular complexity index is 852. The van der Waals surface area contributed by atoms with Crippen LogP contribution in [0.1, 0.15) is 16.8 Å². The average molecular weight is 365 g/mol. The van der Waals surface area contributed by atoms with E-state index < -0.39 is 0 Å². The van der Waals surface area contributed by atoms with Gasteiger partial charge in [0.1, 0.15) is 11.6 Å². The van der Waals surface area contributed by atoms with E-state index in [1.165, 1.54) is 17.7 Å². The number of anilines is 2. The second-order valence-electron chi connectivity index (χ2n) is 6.52. The average Bonchev–Trinajstić information content (AvgIpc) is 2.68. The van der Waals surface area contributed by atoms with E-state index in [-0.39, 0.29) is 5.82 Å². The highest BCUT2D eigenvalue weighted by Gasteiger charge is 2.07. The second kappa shape index (κ2) is 9.07. The SMILES string of the molecule is Cc1cc(N(C)CCc2ccncc2)nc(NCCc2ccc(F)cc2)n1. The summed E-state index contributed by atoms with van der Waals surface area (Å²) in [6, 6.07) is 12.6. The number of nitrogens with one attached hydrogen (secondary N) is 1. The fraction of sp³-hybridized carbons (Fsp3) is 0.286. The largest absolute Gasteiger partial charge is 0.359 e. The number of aryl methyl sites for hydroxylation is 1. The standard InChI is InChI=1S/C21H24FN5/c1-16-15-20(27(2)14-10-18-7-11-23-12-8-18)26-21(25-16)24-13-9-17-3-5-19(22)6-4-17/h3-8,11-12,15H,9-10,13-14H2,1-2H3,(H,24,25,26). The molecule has 1 aromatic carbocycles. The van der Waals surface area contributed by atoms with Crippen LogP contribution in [-0.2, 0) is 12.8 Å². The highest BCUT2D eigenvalue weighted by atomic mass is 19.1. The number of halogens is 1. The van der Waals surface area contributed by atoms with Gasteiger partial charge >= 0.3 is 0 Å². The van der Waals surface area contributed by atoms with Gasteiger partial charge in [-0.15, -0.1) is 0 Å². The highest BCUT2D eigenvalue weighted by molar-refractivity contribution is 5.44. The summed E-state index contributed by atoms with van der Waals surface area (Å²) in [4.78, 5) is 15.3. The van der Waals surface area contributed by atoms with E-state index in [1.807, 2.05) is 44.6 Å². The summed E-state index contributed by atoms with van der Waals surface area (Å²) in [5.74, 6) is 1.29. The van der Waals surface area contributed by atoms with Crippen LogP contribution in [0.4, 0.5) is 16.2 Å². The molecule has 27 heavy (non-hydrogen) atoms. The summed E-state index contributed by atoms with van der Waals surface area (Å²) in [7, 11) is 2.03. The Morgan fingerprint density at radius 2 is 1.67 bits per heavy atom. The highest BCUT2D eigenvalue weighted by Crippen LogP contribution is 2.14. The molecular weight excluding hydrogens is 341 g/mol. The minimum Gasteiger partial charge on any atom is -0.359 e. The molecule has 0 spiro atoms. The minimum absolute atomic E-state index is 0.215. The zero-order valence-electron chi connectivity index (χ0n) is 15.7. The molecule has 0 radical (unpaired) electrons. The van der Waals surface area contributed by atoms with Gasteiger partial charge in [-0.05, 0) is 55.2 Å². The van der Waals surface area contributed by atoms with Crippen LogP contribution in [0, 0.1) is 12.7 Å². The van der Waals surface area contributed by atoms with Crippen molar-refractivity contribution in [2.75, 3.05) is 30.4 Å². The van der Waals surface area contributed by atoms with Crippen LogP contribution < -0.4 is 10.2 Å². The number of hydrogen-bond donors (Lipinski definition) is 1. The molecule has 5 nitrogen and oxygen atoms in total. The summed E-state index contributed by atoms with van der Waals surface area (Å²) < 4.78 is 13.0. The molecule has 0 aliphatic carbocycles. The molecule has 0 atom stereocenters. The van der Waals surface area contributed by atoms with Crippen LogP contribution in [-0.4, -0.2) is 35.1 Å². The van der Waals surface area contributed by atoms with Crippen molar-refractivity contribution in [3.05, 3.63) is 77.5 Å². The summed E-state index contributed by atoms with van der Waals surface area (Å²) >= 11 is 0. The molecule has 0 saturated carbocycles. The molecule has 0 bridgehead atoms. The lowest BCUT2D eigenvalue weighted by atomic mass is 10.1. The first-order valence-electron chi connectivity index (χ1n) is 9.04. The minimum atomic E-state index is -0.215. The number of hydrogen-bond acceptors (Lipinski definition) is 5. The van der Waals surface area contributed by atoms with Crippen LogP contribution in [0.25, 0.3) is 0 Å². The quantitative estimate of drug-likeness (QED) is 0.660. The van der Waals surface area contributed by atoms with E-state index in [4.69, 9.17) is 0 Å². The summed E-state index contributed by atoms with van der Waals surface area (Å²) in [6.45, 7) is 3.51. The van der Waals surface area contributed by atoms with Gasteiger partial charge in [0.05, 0.1) is 0 Å². The van der Waals surface area contributed by atoms with Crippen molar-refractivity contribution in [2.45, 2.75) is 19.8 Å². The van der Waals surface area contributed by atoms with Gasteiger partial charge in [-0.3, -0.25) is 4.98 Å². The molecule has 3 aromatic rings. The van der Waals surface area contributed by atoms with Crippen molar-refractivity contribution >= 4 is 11.8 Å². The number of benzene rings is 1. The van der Waals surface area contributed by atoms with Gasteiger partial charge in [0, 0.05) is 44.3 Å². The van der Waals surface area contributed by atoms with Crippen LogP contribution in [0.5, 0.6) is 0 Å². The van der Waals surface area contributed by atoms with Crippen LogP contribution in [0.2, 0.25) is 0 Å². The first kappa shape index (κ1) is 18.8. The van der Waals surface area contributed by atoms with Crippen LogP contribution in [0.3, 0.4) is 0 Å². The van der Waals surface area contributed by atoms with Crippen molar-refractivity contribution in [3.63, 3.8) is 0 Å². The van der Waals surface area contributed by atoms with Gasteiger partial charge in [-0.25, -0.2) is 9.37 Å². The Hall–Kier alpha value is -3.02. The topological polar surface area (TPSA) is 53.9 Å². The molecule has 0 amide bonds. The van der Waals surface area contributed by atoms with Crippen molar-refractivity contribution < 1.29 is 4.39 Å². The Kier molecular flexibility index (Phi) is 6.30. The van der Waals surface area contributed by atoms with Crippen molar-refractivity contribution in [3.8, 4) is 0 Å². The number of aromatic nitrogens is 3. The molecule has 140 valence electrons. The van der Waals surface area contributed by atoms with E-state index in [1.54, 1.807) is 12.1 Å². The molecule has 0 saturated heterocycles. The predicted octanol–water partition coefficient (Wildman–Crippen LogP) is 3.65. The molecule has 3 rings (SSSR count). The third-order valence-corrected chi connectivity index (χ3v) is 4.33. The first-order valence-corrected chi connectivity index (χ1v) is 9.04. The monoisotopic (exact) mass is 365 g/mol. The maximum Gasteiger partial charge on any atom is 0.224 e. The number of nitrogens with zero attached hydrogens (tertiary/aromatic N) is 4. The fourth-order valence-corrected chi connectivity index (χ4v) is 2.76. The van der Waals surface area contributed by atoms with Gasteiger partial charge in [-0.2, -0.15) is 4.98 Å². The zero-order chi connectivity index (χ0) is 19.1. The first-order chi connectivity index (χ1) is 13.1. The molecule has 6 heteroatoms. The zero-order valence-corrected chi connectivity index (χ0v) is 15.7. The lowest BCUT2D eigenvalue weighted by Gasteiger charge is -2.19. The summed E-state index contributed by atoms with van der Waals surface area (Å²) in [5.41, 5.74) is 3.24. The Labute approximate surface area is 159 Å². The van der Waals surface area contributed by atoms with E-state index in [0.717, 1.165) is 36.5 Å². The normalized spacial score (nSPS) is 10.6. The molecular formula is C21H24FN5. The smallest absolute Gasteiger partial charge is 0.224 e. The molecule has 2 aromatic heterocycles. The maximum atomic E-state index is 13.0. The molecule has 0 fully saturated rings. The Morgan fingerprint density at radius 1 is 0.963 bits per heavy atom. The van der Waals surface area contributed by atoms with E-state index >= 15 is 0 Å². The van der Waals surface area contributed by atoms with Gasteiger partial charge < -0.3 is 10.2 Å². The van der Waals surface area contributed by atoms with Gasteiger partial charge in [0.25, 0.3) is 0 Å². The number of likely N-dealkylation sites (N-methyl/N-ethyl adjacent to an activating group) is 1. The third-order valence-electron chi connectivity index (χ3n) is 4.33. The van der Waals surface area contributed by atoms with Crippen LogP contribution in [0.15, 0.2) is 54.9 Å². The van der Waals surface area contributed by atoms with Crippen LogP contribution >= 0.6 is 0 Å². The van der Waals surface area contributed by atoms with Crippen molar-refractivity contribution in [1.82, 2.24) is 15.0 Å². The Balaban J connectivity index is 1.57. The van der Waals surface area contributed by atoms with Gasteiger partial charge in [0.2, 0.25) is 5.95 Å². The Morgan fingerprint density at radius 3 is 2.41 bits per heavy atom. The van der Waals surface area contributed by atoms with Crippen molar-refractivity contribution in [2.24, 2.45) is 0 Å². The van der Waals surface area contributed by atoms with E-state index in [0.29, 0.717) is 12.5 Å². The maximum absolute atomic E-state index is 13.0. The predicted molar refractivity (Wildman–Crippen MR) is 107 cm³/mol. The molecule has 1 N–H and O–H groups in total. The van der Waals surface area contributed by atoms with Crippen molar-refractivity contribution in [1.29, 1.82) is 0 Å². The lowest BCUT2D eigenvalue weighted by molar-refractivity contribution is 0.627. The lowest BCUT2D eigenvalue weighted by Crippen LogP contribution is -2.22. The summed E-state index contributed by atoms with van der Waals surface area (Å²) in [6.07, 6.45) is 5.33. The van der Waals surface area contributed by atoms with E-state index in [9.17, 15) is 4.39 Å². The molecule has 0 aliphatic heterocycles. The number of pyridine rings is 1. The molecule has 0 aliphatic rings. The molecule has 2 heterocycles.